The van der Waals surface area contributed by atoms with Crippen LogP contribution in [0.4, 0.5) is 4.39 Å². The molecule has 0 bridgehead atoms. The van der Waals surface area contributed by atoms with Crippen LogP contribution in [0.15, 0.2) is 47.3 Å². The first-order valence-corrected chi connectivity index (χ1v) is 12.4. The zero-order valence-corrected chi connectivity index (χ0v) is 19.6. The summed E-state index contributed by atoms with van der Waals surface area (Å²) in [5, 5.41) is 20.7. The molecule has 35 heavy (non-hydrogen) atoms. The van der Waals surface area contributed by atoms with Crippen molar-refractivity contribution < 1.29 is 24.1 Å². The number of nitrogens with zero attached hydrogens (tertiary/aromatic N) is 1. The number of hydrogen-bond donors (Lipinski definition) is 2. The van der Waals surface area contributed by atoms with E-state index in [0.717, 1.165) is 47.9 Å². The highest BCUT2D eigenvalue weighted by molar-refractivity contribution is 5.98. The Morgan fingerprint density at radius 1 is 0.971 bits per heavy atom. The van der Waals surface area contributed by atoms with E-state index >= 15 is 0 Å². The Kier molecular flexibility index (Phi) is 6.60. The van der Waals surface area contributed by atoms with Gasteiger partial charge in [-0.05, 0) is 85.7 Å². The van der Waals surface area contributed by atoms with Crippen molar-refractivity contribution in [1.29, 1.82) is 0 Å². The molecule has 0 atom stereocenters. The van der Waals surface area contributed by atoms with Crippen LogP contribution in [-0.2, 0) is 16.1 Å². The molecule has 3 aromatic rings. The van der Waals surface area contributed by atoms with Crippen molar-refractivity contribution in [2.24, 2.45) is 11.8 Å². The Labute approximate surface area is 203 Å². The molecule has 6 nitrogen and oxygen atoms in total. The van der Waals surface area contributed by atoms with Gasteiger partial charge in [-0.3, -0.25) is 9.59 Å². The van der Waals surface area contributed by atoms with Gasteiger partial charge in [0.2, 0.25) is 0 Å². The predicted molar refractivity (Wildman–Crippen MR) is 131 cm³/mol. The van der Waals surface area contributed by atoms with E-state index in [1.807, 2.05) is 4.57 Å². The molecule has 1 aliphatic carbocycles. The molecule has 2 N–H and O–H groups in total. The number of aromatic nitrogens is 1. The fraction of sp³-hybridized carbons (Fsp3) is 0.429. The average molecular weight is 480 g/mol. The van der Waals surface area contributed by atoms with Gasteiger partial charge in [-0.2, -0.15) is 0 Å². The Morgan fingerprint density at radius 2 is 1.66 bits per heavy atom. The summed E-state index contributed by atoms with van der Waals surface area (Å²) < 4.78 is 21.3. The van der Waals surface area contributed by atoms with Gasteiger partial charge >= 0.3 is 5.97 Å². The fourth-order valence-electron chi connectivity index (χ4n) is 5.80. The standard InChI is InChI=1S/C28H30FNO5/c29-21-7-5-18(6-8-21)25-23-10-9-22(31)15-24(23)27(32)30(26(25)19-11-13-35-14-12-19)16-17-1-3-20(4-2-17)28(33)34/h5-10,15,17,19-20,31H,1-4,11-14,16H2,(H,33,34)/t17-,20-. The van der Waals surface area contributed by atoms with E-state index in [4.69, 9.17) is 4.74 Å². The second-order valence-corrected chi connectivity index (χ2v) is 9.86. The highest BCUT2D eigenvalue weighted by Gasteiger charge is 2.30. The number of carboxylic acid groups (broad SMARTS) is 1. The van der Waals surface area contributed by atoms with Crippen LogP contribution in [0.2, 0.25) is 0 Å². The predicted octanol–water partition coefficient (Wildman–Crippen LogP) is 5.30. The molecule has 0 amide bonds. The maximum Gasteiger partial charge on any atom is 0.306 e. The molecule has 0 spiro atoms. The Bertz CT molecular complexity index is 1290. The van der Waals surface area contributed by atoms with Crippen molar-refractivity contribution in [2.75, 3.05) is 13.2 Å². The number of carbonyl (C=O) groups is 1. The summed E-state index contributed by atoms with van der Waals surface area (Å²) in [4.78, 5) is 25.3. The van der Waals surface area contributed by atoms with Crippen LogP contribution < -0.4 is 5.56 Å². The summed E-state index contributed by atoms with van der Waals surface area (Å²) >= 11 is 0. The van der Waals surface area contributed by atoms with Crippen molar-refractivity contribution >= 4 is 16.7 Å². The van der Waals surface area contributed by atoms with Gasteiger partial charge in [0.05, 0.1) is 11.3 Å². The number of benzene rings is 2. The minimum atomic E-state index is -0.747. The molecule has 1 aliphatic heterocycles. The third kappa shape index (κ3) is 4.69. The Morgan fingerprint density at radius 3 is 2.31 bits per heavy atom. The molecular formula is C28H30FNO5. The Hall–Kier alpha value is -3.19. The zero-order chi connectivity index (χ0) is 24.5. The van der Waals surface area contributed by atoms with E-state index in [2.05, 4.69) is 0 Å². The number of phenols is 1. The van der Waals surface area contributed by atoms with E-state index < -0.39 is 5.97 Å². The van der Waals surface area contributed by atoms with E-state index in [1.54, 1.807) is 24.3 Å². The number of aromatic hydroxyl groups is 1. The number of hydrogen-bond acceptors (Lipinski definition) is 4. The van der Waals surface area contributed by atoms with Crippen molar-refractivity contribution in [3.05, 3.63) is 64.3 Å². The van der Waals surface area contributed by atoms with Crippen LogP contribution in [0, 0.1) is 17.7 Å². The highest BCUT2D eigenvalue weighted by atomic mass is 19.1. The molecule has 0 unspecified atom stereocenters. The number of carboxylic acids is 1. The summed E-state index contributed by atoms with van der Waals surface area (Å²) in [5.74, 6) is -1.08. The number of phenolic OH excluding ortho intramolecular Hbond substituents is 1. The number of aliphatic carboxylic acids is 1. The molecule has 5 rings (SSSR count). The van der Waals surface area contributed by atoms with Crippen LogP contribution in [0.1, 0.15) is 50.1 Å². The second-order valence-electron chi connectivity index (χ2n) is 9.86. The summed E-state index contributed by atoms with van der Waals surface area (Å²) in [6.07, 6.45) is 4.29. The van der Waals surface area contributed by atoms with Crippen molar-refractivity contribution in [1.82, 2.24) is 4.57 Å². The lowest BCUT2D eigenvalue weighted by Gasteiger charge is -2.32. The van der Waals surface area contributed by atoms with Crippen LogP contribution in [0.25, 0.3) is 21.9 Å². The number of halogens is 1. The van der Waals surface area contributed by atoms with Crippen LogP contribution in [0.5, 0.6) is 5.75 Å². The highest BCUT2D eigenvalue weighted by Crippen LogP contribution is 2.40. The molecule has 1 saturated heterocycles. The lowest BCUT2D eigenvalue weighted by molar-refractivity contribution is -0.143. The van der Waals surface area contributed by atoms with Gasteiger partial charge in [0, 0.05) is 36.9 Å². The largest absolute Gasteiger partial charge is 0.508 e. The monoisotopic (exact) mass is 479 g/mol. The van der Waals surface area contributed by atoms with Gasteiger partial charge in [-0.25, -0.2) is 4.39 Å². The van der Waals surface area contributed by atoms with E-state index in [1.165, 1.54) is 18.2 Å². The first kappa shape index (κ1) is 23.5. The number of ether oxygens (including phenoxy) is 1. The third-order valence-corrected chi connectivity index (χ3v) is 7.67. The third-order valence-electron chi connectivity index (χ3n) is 7.67. The quantitative estimate of drug-likeness (QED) is 0.519. The Balaban J connectivity index is 1.70. The minimum Gasteiger partial charge on any atom is -0.508 e. The van der Waals surface area contributed by atoms with Crippen molar-refractivity contribution in [3.63, 3.8) is 0 Å². The van der Waals surface area contributed by atoms with Crippen LogP contribution >= 0.6 is 0 Å². The second kappa shape index (κ2) is 9.82. The summed E-state index contributed by atoms with van der Waals surface area (Å²) in [7, 11) is 0. The van der Waals surface area contributed by atoms with Crippen LogP contribution in [-0.4, -0.2) is 34.0 Å². The molecule has 184 valence electrons. The molecule has 2 aromatic carbocycles. The minimum absolute atomic E-state index is 0.0204. The summed E-state index contributed by atoms with van der Waals surface area (Å²) in [6, 6.07) is 11.2. The molecule has 1 aromatic heterocycles. The number of pyridine rings is 1. The molecule has 2 aliphatic rings. The van der Waals surface area contributed by atoms with Gasteiger partial charge in [0.1, 0.15) is 11.6 Å². The van der Waals surface area contributed by atoms with Gasteiger partial charge < -0.3 is 19.5 Å². The van der Waals surface area contributed by atoms with Gasteiger partial charge in [-0.15, -0.1) is 0 Å². The average Bonchev–Trinajstić information content (AvgIpc) is 2.87. The number of rotatable bonds is 5. The lowest BCUT2D eigenvalue weighted by atomic mass is 9.81. The van der Waals surface area contributed by atoms with E-state index in [-0.39, 0.29) is 34.9 Å². The number of fused-ring (bicyclic) bond motifs is 1. The van der Waals surface area contributed by atoms with Gasteiger partial charge in [0.15, 0.2) is 0 Å². The van der Waals surface area contributed by atoms with Crippen LogP contribution in [0.3, 0.4) is 0 Å². The lowest BCUT2D eigenvalue weighted by Crippen LogP contribution is -2.32. The molecular weight excluding hydrogens is 449 g/mol. The van der Waals surface area contributed by atoms with Crippen molar-refractivity contribution in [3.8, 4) is 16.9 Å². The summed E-state index contributed by atoms with van der Waals surface area (Å²) in [6.45, 7) is 1.72. The first-order chi connectivity index (χ1) is 16.9. The maximum atomic E-state index is 13.9. The summed E-state index contributed by atoms with van der Waals surface area (Å²) in [5.41, 5.74) is 2.50. The first-order valence-electron chi connectivity index (χ1n) is 12.4. The molecule has 2 fully saturated rings. The fourth-order valence-corrected chi connectivity index (χ4v) is 5.80. The van der Waals surface area contributed by atoms with E-state index in [9.17, 15) is 24.2 Å². The smallest absolute Gasteiger partial charge is 0.306 e. The SMILES string of the molecule is O=c1c2cc(O)ccc2c(-c2ccc(F)cc2)c(C2CCOCC2)n1C[C@H]1CC[C@H](C(=O)O)CC1. The normalized spacial score (nSPS) is 21.3. The topological polar surface area (TPSA) is 88.8 Å². The van der Waals surface area contributed by atoms with Gasteiger partial charge in [0.25, 0.3) is 5.56 Å². The zero-order valence-electron chi connectivity index (χ0n) is 19.6. The van der Waals surface area contributed by atoms with Crippen molar-refractivity contribution in [2.45, 2.75) is 51.0 Å². The van der Waals surface area contributed by atoms with E-state index in [0.29, 0.717) is 38.0 Å². The molecule has 2 heterocycles. The maximum absolute atomic E-state index is 13.9. The molecule has 0 radical (unpaired) electrons. The molecule has 1 saturated carbocycles. The van der Waals surface area contributed by atoms with Gasteiger partial charge in [-0.1, -0.05) is 12.1 Å². The molecule has 7 heteroatoms.